The first kappa shape index (κ1) is 14.5. The highest BCUT2D eigenvalue weighted by molar-refractivity contribution is 5.77. The quantitative estimate of drug-likeness (QED) is 0.757. The molecule has 2 bridgehead atoms. The first-order valence-corrected chi connectivity index (χ1v) is 6.71. The summed E-state index contributed by atoms with van der Waals surface area (Å²) in [6.45, 7) is 4.60. The molecule has 3 nitrogen and oxygen atoms in total. The maximum absolute atomic E-state index is 11.6. The van der Waals surface area contributed by atoms with E-state index in [0.29, 0.717) is 12.0 Å². The molecule has 0 saturated heterocycles. The van der Waals surface area contributed by atoms with Gasteiger partial charge in [-0.1, -0.05) is 13.8 Å². The predicted octanol–water partition coefficient (Wildman–Crippen LogP) is 2.91. The Labute approximate surface area is 105 Å². The van der Waals surface area contributed by atoms with Gasteiger partial charge < -0.3 is 9.84 Å². The van der Waals surface area contributed by atoms with Crippen molar-refractivity contribution in [2.75, 3.05) is 13.7 Å². The van der Waals surface area contributed by atoms with Gasteiger partial charge in [0.1, 0.15) is 0 Å². The van der Waals surface area contributed by atoms with Crippen LogP contribution < -0.4 is 0 Å². The van der Waals surface area contributed by atoms with Gasteiger partial charge in [0.05, 0.1) is 12.5 Å². The van der Waals surface area contributed by atoms with Gasteiger partial charge in [0.2, 0.25) is 0 Å². The maximum atomic E-state index is 11.6. The van der Waals surface area contributed by atoms with Crippen LogP contribution in [0.1, 0.15) is 58.8 Å². The molecule has 0 amide bonds. The summed E-state index contributed by atoms with van der Waals surface area (Å²) in [5.74, 6) is 0.0363. The average Bonchev–Trinajstić information content (AvgIpc) is 2.39. The van der Waals surface area contributed by atoms with E-state index in [1.54, 1.807) is 0 Å². The first-order chi connectivity index (χ1) is 8.02. The maximum Gasteiger partial charge on any atom is 0.311 e. The Hall–Kier alpha value is -0.570. The lowest BCUT2D eigenvalue weighted by molar-refractivity contribution is -0.162. The van der Waals surface area contributed by atoms with Gasteiger partial charge in [0.15, 0.2) is 0 Å². The van der Waals surface area contributed by atoms with Gasteiger partial charge in [-0.15, -0.1) is 0 Å². The number of carbonyl (C=O) groups is 1. The highest BCUT2D eigenvalue weighted by atomic mass is 16.5. The minimum absolute atomic E-state index is 0.0363. The molecule has 100 valence electrons. The molecule has 0 atom stereocenters. The molecule has 3 fully saturated rings. The van der Waals surface area contributed by atoms with Crippen LogP contribution in [-0.2, 0) is 9.53 Å². The second kappa shape index (κ2) is 5.85. The van der Waals surface area contributed by atoms with Crippen LogP contribution in [0.25, 0.3) is 0 Å². The number of methoxy groups -OCH3 is 1. The zero-order chi connectivity index (χ0) is 12.9. The summed E-state index contributed by atoms with van der Waals surface area (Å²) in [6.07, 6.45) is 7.66. The summed E-state index contributed by atoms with van der Waals surface area (Å²) in [5, 5.41) is 7.88. The van der Waals surface area contributed by atoms with Gasteiger partial charge in [0.25, 0.3) is 0 Å². The molecular weight excluding hydrogens is 216 g/mol. The first-order valence-electron chi connectivity index (χ1n) is 6.71. The van der Waals surface area contributed by atoms with Crippen LogP contribution in [0.4, 0.5) is 0 Å². The number of hydrogen-bond acceptors (Lipinski definition) is 3. The van der Waals surface area contributed by atoms with E-state index in [4.69, 9.17) is 9.84 Å². The number of fused-ring (bicyclic) bond motifs is 3. The molecule has 0 aliphatic heterocycles. The lowest BCUT2D eigenvalue weighted by atomic mass is 9.54. The second-order valence-electron chi connectivity index (χ2n) is 5.81. The normalized spacial score (nSPS) is 34.8. The van der Waals surface area contributed by atoms with E-state index >= 15 is 0 Å². The van der Waals surface area contributed by atoms with Crippen molar-refractivity contribution in [3.63, 3.8) is 0 Å². The van der Waals surface area contributed by atoms with Gasteiger partial charge >= 0.3 is 5.97 Å². The number of aliphatic hydroxyl groups excluding tert-OH is 1. The standard InChI is InChI=1S/C11H18O2.C3H8O/c1-10-3-6-11(7-4-10,8-5-10)9(12)13-2;1-2-3-4/h3-8H2,1-2H3;4H,2-3H2,1H3. The van der Waals surface area contributed by atoms with Gasteiger partial charge in [-0.05, 0) is 50.4 Å². The fourth-order valence-corrected chi connectivity index (χ4v) is 2.90. The van der Waals surface area contributed by atoms with Crippen LogP contribution in [0, 0.1) is 10.8 Å². The summed E-state index contributed by atoms with van der Waals surface area (Å²) in [4.78, 5) is 11.6. The number of rotatable bonds is 2. The molecule has 3 rings (SSSR count). The molecule has 0 aromatic heterocycles. The molecule has 0 aromatic carbocycles. The Bertz CT molecular complexity index is 234. The summed E-state index contributed by atoms with van der Waals surface area (Å²) in [6, 6.07) is 0. The van der Waals surface area contributed by atoms with Crippen molar-refractivity contribution in [1.82, 2.24) is 0 Å². The van der Waals surface area contributed by atoms with E-state index in [-0.39, 0.29) is 11.4 Å². The predicted molar refractivity (Wildman–Crippen MR) is 67.6 cm³/mol. The zero-order valence-electron chi connectivity index (χ0n) is 11.4. The highest BCUT2D eigenvalue weighted by Crippen LogP contribution is 2.56. The molecule has 3 aliphatic rings. The Morgan fingerprint density at radius 2 is 1.59 bits per heavy atom. The summed E-state index contributed by atoms with van der Waals surface area (Å²) in [7, 11) is 1.51. The number of aliphatic hydroxyl groups is 1. The van der Waals surface area contributed by atoms with Crippen LogP contribution in [0.2, 0.25) is 0 Å². The van der Waals surface area contributed by atoms with Crippen molar-refractivity contribution >= 4 is 5.97 Å². The molecule has 3 aliphatic carbocycles. The molecule has 1 N–H and O–H groups in total. The van der Waals surface area contributed by atoms with Crippen molar-refractivity contribution < 1.29 is 14.6 Å². The van der Waals surface area contributed by atoms with Crippen molar-refractivity contribution in [3.8, 4) is 0 Å². The van der Waals surface area contributed by atoms with Crippen molar-refractivity contribution in [3.05, 3.63) is 0 Å². The lowest BCUT2D eigenvalue weighted by Gasteiger charge is -2.50. The summed E-state index contributed by atoms with van der Waals surface area (Å²) >= 11 is 0. The van der Waals surface area contributed by atoms with Crippen LogP contribution in [0.3, 0.4) is 0 Å². The molecule has 0 aromatic rings. The van der Waals surface area contributed by atoms with Gasteiger partial charge in [-0.2, -0.15) is 0 Å². The Kier molecular flexibility index (Phi) is 4.99. The number of ether oxygens (including phenoxy) is 1. The molecule has 3 heteroatoms. The number of carbonyl (C=O) groups excluding carboxylic acids is 1. The molecule has 0 heterocycles. The average molecular weight is 242 g/mol. The van der Waals surface area contributed by atoms with Crippen LogP contribution >= 0.6 is 0 Å². The van der Waals surface area contributed by atoms with Crippen molar-refractivity contribution in [2.45, 2.75) is 58.8 Å². The monoisotopic (exact) mass is 242 g/mol. The summed E-state index contributed by atoms with van der Waals surface area (Å²) in [5.41, 5.74) is 0.447. The Morgan fingerprint density at radius 1 is 1.18 bits per heavy atom. The largest absolute Gasteiger partial charge is 0.469 e. The zero-order valence-corrected chi connectivity index (χ0v) is 11.4. The third-order valence-electron chi connectivity index (χ3n) is 4.46. The Balaban J connectivity index is 0.000000317. The van der Waals surface area contributed by atoms with Crippen LogP contribution in [0.5, 0.6) is 0 Å². The number of hydrogen-bond donors (Lipinski definition) is 1. The van der Waals surface area contributed by atoms with E-state index in [1.165, 1.54) is 26.4 Å². The smallest absolute Gasteiger partial charge is 0.311 e. The van der Waals surface area contributed by atoms with Gasteiger partial charge in [0, 0.05) is 6.61 Å². The molecule has 0 radical (unpaired) electrons. The molecular formula is C14H26O3. The Morgan fingerprint density at radius 3 is 1.88 bits per heavy atom. The van der Waals surface area contributed by atoms with Gasteiger partial charge in [-0.25, -0.2) is 0 Å². The lowest BCUT2D eigenvalue weighted by Crippen LogP contribution is -2.45. The van der Waals surface area contributed by atoms with Crippen molar-refractivity contribution in [1.29, 1.82) is 0 Å². The SMILES string of the molecule is CCCO.COC(=O)C12CCC(C)(CC1)CC2. The molecule has 3 saturated carbocycles. The fourth-order valence-electron chi connectivity index (χ4n) is 2.90. The van der Waals surface area contributed by atoms with E-state index < -0.39 is 0 Å². The second-order valence-corrected chi connectivity index (χ2v) is 5.81. The third kappa shape index (κ3) is 3.21. The van der Waals surface area contributed by atoms with E-state index in [2.05, 4.69) is 6.92 Å². The third-order valence-corrected chi connectivity index (χ3v) is 4.46. The van der Waals surface area contributed by atoms with Gasteiger partial charge in [-0.3, -0.25) is 4.79 Å². The minimum Gasteiger partial charge on any atom is -0.469 e. The summed E-state index contributed by atoms with van der Waals surface area (Å²) < 4.78 is 4.90. The van der Waals surface area contributed by atoms with E-state index in [9.17, 15) is 4.79 Å². The fraction of sp³-hybridized carbons (Fsp3) is 0.929. The van der Waals surface area contributed by atoms with Crippen molar-refractivity contribution in [2.24, 2.45) is 10.8 Å². The molecule has 0 spiro atoms. The number of esters is 1. The molecule has 17 heavy (non-hydrogen) atoms. The van der Waals surface area contributed by atoms with Crippen LogP contribution in [-0.4, -0.2) is 24.8 Å². The van der Waals surface area contributed by atoms with E-state index in [0.717, 1.165) is 25.7 Å². The van der Waals surface area contributed by atoms with Crippen LogP contribution in [0.15, 0.2) is 0 Å². The minimum atomic E-state index is -0.0908. The highest BCUT2D eigenvalue weighted by Gasteiger charge is 2.50. The topological polar surface area (TPSA) is 46.5 Å². The molecule has 0 unspecified atom stereocenters. The van der Waals surface area contributed by atoms with E-state index in [1.807, 2.05) is 6.92 Å².